The molecule has 0 aliphatic heterocycles. The molecule has 0 radical (unpaired) electrons. The topological polar surface area (TPSA) is 171 Å². The predicted octanol–water partition coefficient (Wildman–Crippen LogP) is 6.53. The molecule has 8 N–H and O–H groups in total. The third-order valence-corrected chi connectivity index (χ3v) is 12.5. The Kier molecular flexibility index (Phi) is 32.1. The van der Waals surface area contributed by atoms with Crippen molar-refractivity contribution in [2.45, 2.75) is 155 Å². The molecule has 0 aromatic carbocycles. The fourth-order valence-corrected chi connectivity index (χ4v) is 9.03. The monoisotopic (exact) mass is 650 g/mol. The van der Waals surface area contributed by atoms with Crippen molar-refractivity contribution in [2.24, 2.45) is 5.41 Å². The average Bonchev–Trinajstić information content (AvgIpc) is 2.96. The molecule has 0 atom stereocenters. The maximum absolute atomic E-state index is 10.2. The van der Waals surface area contributed by atoms with Crippen molar-refractivity contribution >= 4 is 15.9 Å². The smallest absolute Gasteiger partial charge is 0.396 e. The van der Waals surface area contributed by atoms with Gasteiger partial charge in [0, 0.05) is 0 Å². The molecule has 0 bridgehead atoms. The van der Waals surface area contributed by atoms with E-state index in [2.05, 4.69) is 13.8 Å². The second kappa shape index (κ2) is 30.2. The molecule has 0 fully saturated rings. The minimum absolute atomic E-state index is 0.165. The van der Waals surface area contributed by atoms with Crippen molar-refractivity contribution in [3.63, 3.8) is 0 Å². The Hall–Kier alpha value is 0.500. The van der Waals surface area contributed by atoms with Gasteiger partial charge >= 0.3 is 193 Å². The number of aliphatic hydroxyl groups is 4. The van der Waals surface area contributed by atoms with E-state index in [0.717, 1.165) is 25.7 Å². The van der Waals surface area contributed by atoms with Gasteiger partial charge in [-0.05, 0) is 0 Å². The third kappa shape index (κ3) is 29.2. The first-order valence-corrected chi connectivity index (χ1v) is 21.1. The van der Waals surface area contributed by atoms with Gasteiger partial charge in [-0.2, -0.15) is 0 Å². The number of hydrogen-bond acceptors (Lipinski definition) is 9. The summed E-state index contributed by atoms with van der Waals surface area (Å²) in [6, 6.07) is 0. The van der Waals surface area contributed by atoms with E-state index < -0.39 is 47.7 Å². The van der Waals surface area contributed by atoms with Crippen LogP contribution in [0.1, 0.15) is 155 Å². The van der Waals surface area contributed by atoms with Crippen LogP contribution in [0.4, 0.5) is 0 Å². The summed E-state index contributed by atoms with van der Waals surface area (Å²) in [7, 11) is -7.94. The van der Waals surface area contributed by atoms with Crippen molar-refractivity contribution < 1.29 is 44.3 Å². The van der Waals surface area contributed by atoms with Gasteiger partial charge in [-0.1, -0.05) is 13.8 Å². The Morgan fingerprint density at radius 3 is 0.786 bits per heavy atom. The summed E-state index contributed by atoms with van der Waals surface area (Å²) >= 11 is 0. The van der Waals surface area contributed by atoms with Crippen LogP contribution in [0.25, 0.3) is 0 Å². The van der Waals surface area contributed by atoms with Gasteiger partial charge in [-0.25, -0.2) is 0 Å². The molecular weight excluding hydrogens is 578 g/mol. The number of hydrogen-bond donors (Lipinski definition) is 8. The van der Waals surface area contributed by atoms with Gasteiger partial charge in [-0.3, -0.25) is 0 Å². The van der Waals surface area contributed by atoms with Gasteiger partial charge in [0.2, 0.25) is 0 Å². The number of unbranched alkanes of at least 4 members (excludes halogenated alkanes) is 20. The molecule has 0 rings (SSSR count). The van der Waals surface area contributed by atoms with E-state index in [1.54, 1.807) is 0 Å². The molecule has 0 amide bonds. The normalized spacial score (nSPS) is 13.2. The van der Waals surface area contributed by atoms with Crippen molar-refractivity contribution in [1.29, 1.82) is 0 Å². The zero-order chi connectivity index (χ0) is 32.0. The molecule has 9 nitrogen and oxygen atoms in total. The molecule has 0 unspecified atom stereocenters. The molecule has 11 heteroatoms. The summed E-state index contributed by atoms with van der Waals surface area (Å²) in [5, 5.41) is 34.0. The second-order valence-corrected chi connectivity index (χ2v) is 17.1. The SMILES string of the molecule is CCCCCCCCCCCCC[PH](O)(O)O[PH](O)(O)CCCCCCCCCCCCC.OCC(CO)(CO)CO. The quantitative estimate of drug-likeness (QED) is 0.0318. The van der Waals surface area contributed by atoms with E-state index >= 15 is 0 Å². The van der Waals surface area contributed by atoms with E-state index in [1.165, 1.54) is 103 Å². The van der Waals surface area contributed by atoms with Gasteiger partial charge in [0.25, 0.3) is 0 Å². The molecule has 260 valence electrons. The van der Waals surface area contributed by atoms with Gasteiger partial charge in [0.05, 0.1) is 31.8 Å². The fourth-order valence-electron chi connectivity index (χ4n) is 4.70. The van der Waals surface area contributed by atoms with E-state index in [1.807, 2.05) is 0 Å². The van der Waals surface area contributed by atoms with E-state index in [-0.39, 0.29) is 12.3 Å². The van der Waals surface area contributed by atoms with Crippen LogP contribution < -0.4 is 0 Å². The molecule has 0 saturated carbocycles. The summed E-state index contributed by atoms with van der Waals surface area (Å²) in [6.07, 6.45) is 26.6. The van der Waals surface area contributed by atoms with Crippen molar-refractivity contribution in [3.8, 4) is 0 Å². The van der Waals surface area contributed by atoms with Crippen LogP contribution in [0.5, 0.6) is 0 Å². The van der Waals surface area contributed by atoms with E-state index in [9.17, 15) is 19.6 Å². The van der Waals surface area contributed by atoms with E-state index in [0.29, 0.717) is 12.8 Å². The Morgan fingerprint density at radius 2 is 0.595 bits per heavy atom. The first-order chi connectivity index (χ1) is 20.1. The first-order valence-electron chi connectivity index (χ1n) is 17.1. The van der Waals surface area contributed by atoms with E-state index in [4.69, 9.17) is 24.7 Å². The molecule has 0 aromatic heterocycles. The Labute approximate surface area is 259 Å². The molecule has 0 aliphatic rings. The summed E-state index contributed by atoms with van der Waals surface area (Å²) in [5.74, 6) is 0. The van der Waals surface area contributed by atoms with Crippen molar-refractivity contribution in [3.05, 3.63) is 0 Å². The van der Waals surface area contributed by atoms with Crippen molar-refractivity contribution in [2.75, 3.05) is 38.8 Å². The first kappa shape index (κ1) is 44.6. The van der Waals surface area contributed by atoms with Crippen LogP contribution in [-0.2, 0) is 4.31 Å². The second-order valence-electron chi connectivity index (χ2n) is 12.3. The summed E-state index contributed by atoms with van der Waals surface area (Å²) in [5.41, 5.74) is -1.11. The molecule has 42 heavy (non-hydrogen) atoms. The van der Waals surface area contributed by atoms with Crippen molar-refractivity contribution in [1.82, 2.24) is 0 Å². The van der Waals surface area contributed by atoms with Crippen LogP contribution >= 0.6 is 15.9 Å². The zero-order valence-corrected chi connectivity index (χ0v) is 29.3. The number of aliphatic hydroxyl groups excluding tert-OH is 4. The zero-order valence-electron chi connectivity index (χ0n) is 27.3. The molecule has 0 aliphatic carbocycles. The van der Waals surface area contributed by atoms with Crippen LogP contribution in [-0.4, -0.2) is 78.8 Å². The third-order valence-electron chi connectivity index (χ3n) is 7.88. The Bertz CT molecular complexity index is 497. The molecule has 0 saturated heterocycles. The minimum atomic E-state index is -3.97. The fraction of sp³-hybridized carbons (Fsp3) is 1.00. The summed E-state index contributed by atoms with van der Waals surface area (Å²) in [4.78, 5) is 40.6. The standard InChI is InChI=1S/C26H60O5P2.C5H12O4/c1-3-5-7-9-11-13-15-17-19-21-23-25-32(27,28)31-33(29,30)26-24-22-20-18-16-14-12-10-8-6-4-2;6-1-5(2-7,3-8)4-9/h27-30,32-33H,3-26H2,1-2H3;6-9H,1-4H2. The predicted molar refractivity (Wildman–Crippen MR) is 180 cm³/mol. The van der Waals surface area contributed by atoms with Crippen LogP contribution in [0.2, 0.25) is 0 Å². The van der Waals surface area contributed by atoms with Crippen LogP contribution in [0.3, 0.4) is 0 Å². The summed E-state index contributed by atoms with van der Waals surface area (Å²) in [6.45, 7) is 2.86. The molecule has 0 spiro atoms. The summed E-state index contributed by atoms with van der Waals surface area (Å²) < 4.78 is 5.11. The molecule has 0 heterocycles. The number of rotatable bonds is 30. The van der Waals surface area contributed by atoms with Gasteiger partial charge in [0.15, 0.2) is 0 Å². The Balaban J connectivity index is 0. The van der Waals surface area contributed by atoms with Gasteiger partial charge in [0.1, 0.15) is 0 Å². The minimum Gasteiger partial charge on any atom is -0.396 e. The van der Waals surface area contributed by atoms with Crippen LogP contribution in [0, 0.1) is 5.41 Å². The van der Waals surface area contributed by atoms with Gasteiger partial charge < -0.3 is 20.4 Å². The average molecular weight is 651 g/mol. The van der Waals surface area contributed by atoms with Gasteiger partial charge in [-0.15, -0.1) is 0 Å². The van der Waals surface area contributed by atoms with Crippen LogP contribution in [0.15, 0.2) is 0 Å². The molecule has 0 aromatic rings. The maximum atomic E-state index is 10.2. The molecular formula is C31H72O9P2. The Morgan fingerprint density at radius 1 is 0.381 bits per heavy atom.